The zero-order valence-electron chi connectivity index (χ0n) is 11.2. The van der Waals surface area contributed by atoms with Gasteiger partial charge in [-0.1, -0.05) is 0 Å². The molecule has 0 atom stereocenters. The van der Waals surface area contributed by atoms with Gasteiger partial charge in [0, 0.05) is 26.4 Å². The minimum atomic E-state index is 0.268. The largest absolute Gasteiger partial charge is 0.396 e. The van der Waals surface area contributed by atoms with Crippen molar-refractivity contribution in [2.24, 2.45) is 11.1 Å². The van der Waals surface area contributed by atoms with Crippen molar-refractivity contribution in [3.8, 4) is 0 Å². The Hall–Kier alpha value is -0.160. The second kappa shape index (κ2) is 8.03. The van der Waals surface area contributed by atoms with Crippen LogP contribution in [-0.2, 0) is 4.74 Å². The van der Waals surface area contributed by atoms with Crippen LogP contribution in [0.4, 0.5) is 0 Å². The molecule has 0 radical (unpaired) electrons. The molecule has 4 nitrogen and oxygen atoms in total. The molecule has 17 heavy (non-hydrogen) atoms. The molecule has 0 spiro atoms. The van der Waals surface area contributed by atoms with E-state index in [1.165, 1.54) is 0 Å². The van der Waals surface area contributed by atoms with Crippen molar-refractivity contribution in [3.63, 3.8) is 0 Å². The summed E-state index contributed by atoms with van der Waals surface area (Å²) in [7, 11) is 2.17. The van der Waals surface area contributed by atoms with Gasteiger partial charge in [0.15, 0.2) is 0 Å². The summed E-state index contributed by atoms with van der Waals surface area (Å²) in [5.41, 5.74) is 6.22. The lowest BCUT2D eigenvalue weighted by molar-refractivity contribution is 0.00352. The highest BCUT2D eigenvalue weighted by Gasteiger charge is 2.32. The lowest BCUT2D eigenvalue weighted by Crippen LogP contribution is -2.45. The van der Waals surface area contributed by atoms with E-state index in [9.17, 15) is 0 Å². The van der Waals surface area contributed by atoms with Gasteiger partial charge in [0.1, 0.15) is 0 Å². The van der Waals surface area contributed by atoms with E-state index in [4.69, 9.17) is 15.6 Å². The number of rotatable bonds is 8. The lowest BCUT2D eigenvalue weighted by Gasteiger charge is -2.39. The van der Waals surface area contributed by atoms with E-state index in [1.54, 1.807) is 0 Å². The van der Waals surface area contributed by atoms with Crippen LogP contribution < -0.4 is 5.73 Å². The molecule has 3 N–H and O–H groups in total. The Morgan fingerprint density at radius 2 is 1.94 bits per heavy atom. The molecule has 0 aromatic carbocycles. The number of hydrogen-bond acceptors (Lipinski definition) is 4. The number of ether oxygens (including phenoxy) is 1. The quantitative estimate of drug-likeness (QED) is 0.621. The maximum Gasteiger partial charge on any atom is 0.0472 e. The van der Waals surface area contributed by atoms with Crippen LogP contribution in [0.2, 0.25) is 0 Å². The van der Waals surface area contributed by atoms with Gasteiger partial charge in [-0.2, -0.15) is 0 Å². The highest BCUT2D eigenvalue weighted by Crippen LogP contribution is 2.30. The summed E-state index contributed by atoms with van der Waals surface area (Å²) >= 11 is 0. The van der Waals surface area contributed by atoms with Crippen molar-refractivity contribution >= 4 is 0 Å². The number of nitrogens with zero attached hydrogens (tertiary/aromatic N) is 1. The Balaban J connectivity index is 2.24. The monoisotopic (exact) mass is 244 g/mol. The van der Waals surface area contributed by atoms with Crippen LogP contribution >= 0.6 is 0 Å². The summed E-state index contributed by atoms with van der Waals surface area (Å²) in [4.78, 5) is 2.38. The van der Waals surface area contributed by atoms with Crippen LogP contribution in [0.5, 0.6) is 0 Å². The second-order valence-corrected chi connectivity index (χ2v) is 5.34. The van der Waals surface area contributed by atoms with Gasteiger partial charge in [-0.3, -0.25) is 0 Å². The van der Waals surface area contributed by atoms with Crippen molar-refractivity contribution in [1.29, 1.82) is 0 Å². The summed E-state index contributed by atoms with van der Waals surface area (Å²) in [5.74, 6) is 0. The minimum absolute atomic E-state index is 0.268. The van der Waals surface area contributed by atoms with Crippen LogP contribution in [0, 0.1) is 5.41 Å². The molecule has 1 aliphatic heterocycles. The third-order valence-corrected chi connectivity index (χ3v) is 3.79. The zero-order valence-corrected chi connectivity index (χ0v) is 11.2. The van der Waals surface area contributed by atoms with Gasteiger partial charge in [0.05, 0.1) is 0 Å². The molecule has 102 valence electrons. The van der Waals surface area contributed by atoms with E-state index >= 15 is 0 Å². The molecule has 0 aromatic heterocycles. The first-order valence-electron chi connectivity index (χ1n) is 6.80. The summed E-state index contributed by atoms with van der Waals surface area (Å²) in [6, 6.07) is 0. The van der Waals surface area contributed by atoms with Gasteiger partial charge in [-0.05, 0) is 57.7 Å². The molecule has 0 aliphatic carbocycles. The fourth-order valence-corrected chi connectivity index (χ4v) is 2.55. The van der Waals surface area contributed by atoms with E-state index in [2.05, 4.69) is 11.9 Å². The maximum atomic E-state index is 8.73. The van der Waals surface area contributed by atoms with Crippen LogP contribution in [0.15, 0.2) is 0 Å². The molecule has 1 heterocycles. The Kier molecular flexibility index (Phi) is 7.04. The first-order valence-corrected chi connectivity index (χ1v) is 6.80. The van der Waals surface area contributed by atoms with Gasteiger partial charge in [0.25, 0.3) is 0 Å². The average molecular weight is 244 g/mol. The lowest BCUT2D eigenvalue weighted by atomic mass is 9.80. The summed E-state index contributed by atoms with van der Waals surface area (Å²) in [5, 5.41) is 8.73. The molecule has 0 amide bonds. The number of aliphatic hydroxyl groups excluding tert-OH is 1. The first-order chi connectivity index (χ1) is 8.22. The van der Waals surface area contributed by atoms with Crippen molar-refractivity contribution in [2.45, 2.75) is 32.1 Å². The number of nitrogens with two attached hydrogens (primary N) is 1. The Morgan fingerprint density at radius 1 is 1.24 bits per heavy atom. The fourth-order valence-electron chi connectivity index (χ4n) is 2.55. The van der Waals surface area contributed by atoms with E-state index in [0.717, 1.165) is 65.0 Å². The highest BCUT2D eigenvalue weighted by atomic mass is 16.5. The van der Waals surface area contributed by atoms with E-state index in [1.807, 2.05) is 0 Å². The molecule has 4 heteroatoms. The van der Waals surface area contributed by atoms with Crippen LogP contribution in [0.1, 0.15) is 32.1 Å². The zero-order chi connectivity index (χ0) is 12.6. The molecule has 1 aliphatic rings. The SMILES string of the molecule is CN(CCCCCO)CC1(CN)CCOCC1. The minimum Gasteiger partial charge on any atom is -0.396 e. The van der Waals surface area contributed by atoms with Gasteiger partial charge >= 0.3 is 0 Å². The van der Waals surface area contributed by atoms with Crippen LogP contribution in [0.3, 0.4) is 0 Å². The molecule has 1 fully saturated rings. The molecule has 1 saturated heterocycles. The van der Waals surface area contributed by atoms with E-state index < -0.39 is 0 Å². The third kappa shape index (κ3) is 5.34. The predicted molar refractivity (Wildman–Crippen MR) is 70.0 cm³/mol. The summed E-state index contributed by atoms with van der Waals surface area (Å²) < 4.78 is 5.42. The molecule has 0 bridgehead atoms. The Bertz CT molecular complexity index is 194. The summed E-state index contributed by atoms with van der Waals surface area (Å²) in [6.45, 7) is 4.96. The van der Waals surface area contributed by atoms with Crippen molar-refractivity contribution < 1.29 is 9.84 Å². The topological polar surface area (TPSA) is 58.7 Å². The molecular formula is C13H28N2O2. The first kappa shape index (κ1) is 14.9. The molecular weight excluding hydrogens is 216 g/mol. The standard InChI is InChI=1S/C13H28N2O2/c1-15(7-3-2-4-8-16)12-13(11-14)5-9-17-10-6-13/h16H,2-12,14H2,1H3. The van der Waals surface area contributed by atoms with Crippen molar-refractivity contribution in [2.75, 3.05) is 46.5 Å². The van der Waals surface area contributed by atoms with Crippen molar-refractivity contribution in [1.82, 2.24) is 4.90 Å². The Labute approximate surface area is 105 Å². The number of aliphatic hydroxyl groups is 1. The number of unbranched alkanes of at least 4 members (excludes halogenated alkanes) is 2. The second-order valence-electron chi connectivity index (χ2n) is 5.34. The smallest absolute Gasteiger partial charge is 0.0472 e. The fraction of sp³-hybridized carbons (Fsp3) is 1.00. The van der Waals surface area contributed by atoms with Crippen LogP contribution in [0.25, 0.3) is 0 Å². The molecule has 0 saturated carbocycles. The summed E-state index contributed by atoms with van der Waals surface area (Å²) in [6.07, 6.45) is 5.37. The van der Waals surface area contributed by atoms with Gasteiger partial charge < -0.3 is 20.5 Å². The van der Waals surface area contributed by atoms with Gasteiger partial charge in [0.2, 0.25) is 0 Å². The molecule has 0 unspecified atom stereocenters. The molecule has 1 rings (SSSR count). The van der Waals surface area contributed by atoms with Crippen molar-refractivity contribution in [3.05, 3.63) is 0 Å². The van der Waals surface area contributed by atoms with Crippen LogP contribution in [-0.4, -0.2) is 56.5 Å². The van der Waals surface area contributed by atoms with Gasteiger partial charge in [-0.25, -0.2) is 0 Å². The predicted octanol–water partition coefficient (Wildman–Crippen LogP) is 0.836. The number of hydrogen-bond donors (Lipinski definition) is 2. The average Bonchev–Trinajstić information content (AvgIpc) is 2.36. The van der Waals surface area contributed by atoms with E-state index in [0.29, 0.717) is 6.61 Å². The Morgan fingerprint density at radius 3 is 2.53 bits per heavy atom. The normalized spacial score (nSPS) is 19.8. The highest BCUT2D eigenvalue weighted by molar-refractivity contribution is 4.85. The van der Waals surface area contributed by atoms with E-state index in [-0.39, 0.29) is 5.41 Å². The molecule has 0 aromatic rings. The third-order valence-electron chi connectivity index (χ3n) is 3.79. The maximum absolute atomic E-state index is 8.73. The van der Waals surface area contributed by atoms with Gasteiger partial charge in [-0.15, -0.1) is 0 Å².